The third kappa shape index (κ3) is 10.8. The van der Waals surface area contributed by atoms with Crippen LogP contribution in [0.5, 0.6) is 0 Å². The minimum atomic E-state index is -1.46. The van der Waals surface area contributed by atoms with E-state index in [1.54, 1.807) is 89.2 Å². The first kappa shape index (κ1) is 31.8. The standard InChI is InChI=1S/C29H37N3O8/c1-18(2)23(27(36)37)31-26(35)24(20-14-10-7-11-15-20)32-25(34)21(16-22(33)40-29(3,4)5)30-28(38)39-17-19-12-8-6-9-13-19/h6-15,18,21,23-24H,16-17H2,1-5H3,(H,30,38)(H,31,35)(H,32,34)(H,36,37). The van der Waals surface area contributed by atoms with Crippen LogP contribution in [0, 0.1) is 5.92 Å². The smallest absolute Gasteiger partial charge is 0.408 e. The van der Waals surface area contributed by atoms with Gasteiger partial charge in [-0.25, -0.2) is 9.59 Å². The number of nitrogens with one attached hydrogen (secondary N) is 3. The molecule has 0 spiro atoms. The van der Waals surface area contributed by atoms with Gasteiger partial charge in [0.25, 0.3) is 0 Å². The molecule has 0 saturated heterocycles. The predicted octanol–water partition coefficient (Wildman–Crippen LogP) is 3.10. The molecule has 0 aromatic heterocycles. The monoisotopic (exact) mass is 555 g/mol. The summed E-state index contributed by atoms with van der Waals surface area (Å²) in [5.41, 5.74) is 0.231. The molecule has 0 aliphatic carbocycles. The molecule has 4 N–H and O–H groups in total. The summed E-state index contributed by atoms with van der Waals surface area (Å²) in [6.45, 7) is 8.17. The average Bonchev–Trinajstić information content (AvgIpc) is 2.88. The fraction of sp³-hybridized carbons (Fsp3) is 0.414. The number of carboxylic acid groups (broad SMARTS) is 1. The Bertz CT molecular complexity index is 1160. The molecule has 2 aromatic rings. The zero-order chi connectivity index (χ0) is 29.9. The van der Waals surface area contributed by atoms with Crippen molar-refractivity contribution in [1.82, 2.24) is 16.0 Å². The molecule has 3 amide bonds. The Hall–Kier alpha value is -4.41. The van der Waals surface area contributed by atoms with Gasteiger partial charge in [0.15, 0.2) is 0 Å². The van der Waals surface area contributed by atoms with Crippen molar-refractivity contribution in [3.63, 3.8) is 0 Å². The van der Waals surface area contributed by atoms with Gasteiger partial charge in [-0.1, -0.05) is 74.5 Å². The lowest BCUT2D eigenvalue weighted by atomic mass is 10.0. The molecule has 2 aromatic carbocycles. The maximum atomic E-state index is 13.4. The zero-order valence-electron chi connectivity index (χ0n) is 23.3. The number of alkyl carbamates (subject to hydrolysis) is 1. The van der Waals surface area contributed by atoms with Crippen molar-refractivity contribution < 1.29 is 38.6 Å². The van der Waals surface area contributed by atoms with Gasteiger partial charge in [-0.3, -0.25) is 14.4 Å². The summed E-state index contributed by atoms with van der Waals surface area (Å²) in [5.74, 6) is -4.07. The largest absolute Gasteiger partial charge is 0.480 e. The van der Waals surface area contributed by atoms with Gasteiger partial charge >= 0.3 is 18.0 Å². The molecular formula is C29H37N3O8. The summed E-state index contributed by atoms with van der Waals surface area (Å²) in [4.78, 5) is 63.5. The SMILES string of the molecule is CC(C)C(NC(=O)C(NC(=O)C(CC(=O)OC(C)(C)C)NC(=O)OCc1ccccc1)c1ccccc1)C(=O)O. The summed E-state index contributed by atoms with van der Waals surface area (Å²) < 4.78 is 10.5. The molecule has 0 bridgehead atoms. The van der Waals surface area contributed by atoms with Crippen LogP contribution in [-0.4, -0.2) is 52.6 Å². The first-order chi connectivity index (χ1) is 18.8. The number of carbonyl (C=O) groups is 5. The van der Waals surface area contributed by atoms with Crippen molar-refractivity contribution >= 4 is 29.8 Å². The number of ether oxygens (including phenoxy) is 2. The second-order valence-electron chi connectivity index (χ2n) is 10.5. The van der Waals surface area contributed by atoms with E-state index in [9.17, 15) is 29.1 Å². The highest BCUT2D eigenvalue weighted by Crippen LogP contribution is 2.16. The quantitative estimate of drug-likeness (QED) is 0.291. The molecule has 11 nitrogen and oxygen atoms in total. The molecule has 0 radical (unpaired) electrons. The van der Waals surface area contributed by atoms with Gasteiger partial charge in [0.05, 0.1) is 6.42 Å². The highest BCUT2D eigenvalue weighted by Gasteiger charge is 2.33. The third-order valence-electron chi connectivity index (χ3n) is 5.52. The molecule has 3 atom stereocenters. The van der Waals surface area contributed by atoms with Crippen LogP contribution in [0.4, 0.5) is 4.79 Å². The molecule has 0 aliphatic heterocycles. The molecule has 0 aliphatic rings. The van der Waals surface area contributed by atoms with Gasteiger partial charge in [0.1, 0.15) is 30.3 Å². The van der Waals surface area contributed by atoms with Gasteiger partial charge in [0, 0.05) is 0 Å². The van der Waals surface area contributed by atoms with Gasteiger partial charge < -0.3 is 30.5 Å². The summed E-state index contributed by atoms with van der Waals surface area (Å²) in [5, 5.41) is 16.9. The molecule has 3 unspecified atom stereocenters. The van der Waals surface area contributed by atoms with E-state index in [0.717, 1.165) is 0 Å². The van der Waals surface area contributed by atoms with Gasteiger partial charge in [0.2, 0.25) is 11.8 Å². The van der Waals surface area contributed by atoms with Crippen LogP contribution in [0.15, 0.2) is 60.7 Å². The Morgan fingerprint density at radius 2 is 1.40 bits per heavy atom. The van der Waals surface area contributed by atoms with Crippen molar-refractivity contribution in [2.75, 3.05) is 0 Å². The van der Waals surface area contributed by atoms with Crippen LogP contribution in [-0.2, 0) is 35.3 Å². The number of esters is 1. The first-order valence-electron chi connectivity index (χ1n) is 12.8. The van der Waals surface area contributed by atoms with E-state index in [2.05, 4.69) is 16.0 Å². The van der Waals surface area contributed by atoms with Gasteiger partial charge in [-0.15, -0.1) is 0 Å². The van der Waals surface area contributed by atoms with Crippen molar-refractivity contribution in [2.45, 2.75) is 71.4 Å². The summed E-state index contributed by atoms with van der Waals surface area (Å²) in [6, 6.07) is 13.1. The Balaban J connectivity index is 2.27. The Morgan fingerprint density at radius 1 is 0.825 bits per heavy atom. The number of aliphatic carboxylic acids is 1. The molecule has 0 saturated carbocycles. The van der Waals surface area contributed by atoms with E-state index in [4.69, 9.17) is 9.47 Å². The lowest BCUT2D eigenvalue weighted by Crippen LogP contribution is -2.53. The van der Waals surface area contributed by atoms with Crippen LogP contribution in [0.25, 0.3) is 0 Å². The summed E-state index contributed by atoms with van der Waals surface area (Å²) in [6.07, 6.45) is -1.50. The van der Waals surface area contributed by atoms with Crippen molar-refractivity contribution in [2.24, 2.45) is 5.92 Å². The molecular weight excluding hydrogens is 518 g/mol. The normalized spacial score (nSPS) is 13.3. The number of carbonyl (C=O) groups excluding carboxylic acids is 4. The number of hydrogen-bond donors (Lipinski definition) is 4. The number of hydrogen-bond acceptors (Lipinski definition) is 7. The predicted molar refractivity (Wildman–Crippen MR) is 146 cm³/mol. The average molecular weight is 556 g/mol. The van der Waals surface area contributed by atoms with E-state index >= 15 is 0 Å². The van der Waals surface area contributed by atoms with Gasteiger partial charge in [-0.05, 0) is 37.8 Å². The van der Waals surface area contributed by atoms with Crippen molar-refractivity contribution in [3.8, 4) is 0 Å². The number of rotatable bonds is 12. The first-order valence-corrected chi connectivity index (χ1v) is 12.8. The Labute approximate surface area is 233 Å². The van der Waals surface area contributed by atoms with E-state index in [-0.39, 0.29) is 6.61 Å². The molecule has 11 heteroatoms. The number of amides is 3. The summed E-state index contributed by atoms with van der Waals surface area (Å²) in [7, 11) is 0. The van der Waals surface area contributed by atoms with Crippen LogP contribution in [0.3, 0.4) is 0 Å². The zero-order valence-corrected chi connectivity index (χ0v) is 23.3. The molecule has 216 valence electrons. The molecule has 0 fully saturated rings. The third-order valence-corrected chi connectivity index (χ3v) is 5.52. The fourth-order valence-corrected chi connectivity index (χ4v) is 3.60. The summed E-state index contributed by atoms with van der Waals surface area (Å²) >= 11 is 0. The van der Waals surface area contributed by atoms with Crippen LogP contribution in [0.2, 0.25) is 0 Å². The lowest BCUT2D eigenvalue weighted by Gasteiger charge is -2.26. The second kappa shape index (κ2) is 14.7. The highest BCUT2D eigenvalue weighted by molar-refractivity contribution is 5.95. The van der Waals surface area contributed by atoms with Crippen LogP contribution >= 0.6 is 0 Å². The van der Waals surface area contributed by atoms with Crippen LogP contribution < -0.4 is 16.0 Å². The minimum absolute atomic E-state index is 0.0751. The van der Waals surface area contributed by atoms with Crippen LogP contribution in [0.1, 0.15) is 58.2 Å². The van der Waals surface area contributed by atoms with E-state index in [1.807, 2.05) is 6.07 Å². The Morgan fingerprint density at radius 3 is 1.93 bits per heavy atom. The highest BCUT2D eigenvalue weighted by atomic mass is 16.6. The van der Waals surface area contributed by atoms with E-state index < -0.39 is 65.9 Å². The number of carboxylic acids is 1. The lowest BCUT2D eigenvalue weighted by molar-refractivity contribution is -0.156. The maximum Gasteiger partial charge on any atom is 0.408 e. The van der Waals surface area contributed by atoms with Gasteiger partial charge in [-0.2, -0.15) is 0 Å². The molecule has 2 rings (SSSR count). The minimum Gasteiger partial charge on any atom is -0.480 e. The maximum absolute atomic E-state index is 13.4. The van der Waals surface area contributed by atoms with Crippen molar-refractivity contribution in [3.05, 3.63) is 71.8 Å². The molecule has 0 heterocycles. The van der Waals surface area contributed by atoms with E-state index in [1.165, 1.54) is 0 Å². The van der Waals surface area contributed by atoms with E-state index in [0.29, 0.717) is 11.1 Å². The second-order valence-corrected chi connectivity index (χ2v) is 10.5. The molecule has 40 heavy (non-hydrogen) atoms. The fourth-order valence-electron chi connectivity index (χ4n) is 3.60. The Kier molecular flexibility index (Phi) is 11.7. The van der Waals surface area contributed by atoms with Crippen molar-refractivity contribution in [1.29, 1.82) is 0 Å². The number of benzene rings is 2. The topological polar surface area (TPSA) is 160 Å².